The van der Waals surface area contributed by atoms with Crippen LogP contribution in [0.25, 0.3) is 0 Å². The number of carboxylic acids is 1. The number of carbonyl (C=O) groups excluding carboxylic acids is 2. The summed E-state index contributed by atoms with van der Waals surface area (Å²) >= 11 is 1.50. The van der Waals surface area contributed by atoms with Crippen molar-refractivity contribution in [2.75, 3.05) is 20.1 Å². The molecule has 3 amide bonds. The number of amides is 3. The van der Waals surface area contributed by atoms with E-state index in [2.05, 4.69) is 15.6 Å². The van der Waals surface area contributed by atoms with Gasteiger partial charge in [-0.05, 0) is 6.92 Å². The van der Waals surface area contributed by atoms with Gasteiger partial charge in [0.1, 0.15) is 6.54 Å². The maximum atomic E-state index is 11.7. The van der Waals surface area contributed by atoms with E-state index in [9.17, 15) is 14.4 Å². The molecule has 0 fully saturated rings. The standard InChI is InChI=1S/C11H16N4O4S/c1-7-14-8(6-20-7)5-15(2)11(19)13-3-9(16)12-4-10(17)18/h6H,3-5H2,1-2H3,(H,12,16)(H,13,19)(H,17,18). The number of hydrogen-bond donors (Lipinski definition) is 3. The van der Waals surface area contributed by atoms with Crippen molar-refractivity contribution in [1.29, 1.82) is 0 Å². The Labute approximate surface area is 119 Å². The molecule has 0 unspecified atom stereocenters. The van der Waals surface area contributed by atoms with Gasteiger partial charge >= 0.3 is 12.0 Å². The van der Waals surface area contributed by atoms with E-state index in [0.29, 0.717) is 6.54 Å². The summed E-state index contributed by atoms with van der Waals surface area (Å²) in [5.74, 6) is -1.70. The van der Waals surface area contributed by atoms with Gasteiger partial charge in [-0.15, -0.1) is 11.3 Å². The van der Waals surface area contributed by atoms with Gasteiger partial charge in [-0.2, -0.15) is 0 Å². The summed E-state index contributed by atoms with van der Waals surface area (Å²) in [6.07, 6.45) is 0. The average molecular weight is 300 g/mol. The Balaban J connectivity index is 2.31. The normalized spacial score (nSPS) is 9.90. The summed E-state index contributed by atoms with van der Waals surface area (Å²) in [6.45, 7) is 1.48. The van der Waals surface area contributed by atoms with Crippen LogP contribution in [-0.2, 0) is 16.1 Å². The van der Waals surface area contributed by atoms with Gasteiger partial charge in [0.25, 0.3) is 0 Å². The van der Waals surface area contributed by atoms with Crippen LogP contribution in [0.15, 0.2) is 5.38 Å². The maximum absolute atomic E-state index is 11.7. The summed E-state index contributed by atoms with van der Waals surface area (Å²) in [7, 11) is 1.58. The molecular weight excluding hydrogens is 284 g/mol. The molecule has 0 aliphatic carbocycles. The zero-order valence-corrected chi connectivity index (χ0v) is 12.0. The summed E-state index contributed by atoms with van der Waals surface area (Å²) in [5.41, 5.74) is 0.778. The van der Waals surface area contributed by atoms with Gasteiger partial charge in [0.15, 0.2) is 0 Å². The summed E-state index contributed by atoms with van der Waals surface area (Å²) in [5, 5.41) is 15.7. The van der Waals surface area contributed by atoms with Crippen LogP contribution in [0.2, 0.25) is 0 Å². The lowest BCUT2D eigenvalue weighted by Crippen LogP contribution is -2.43. The molecule has 0 spiro atoms. The minimum Gasteiger partial charge on any atom is -0.480 e. The van der Waals surface area contributed by atoms with Crippen molar-refractivity contribution in [3.63, 3.8) is 0 Å². The number of aliphatic carboxylic acids is 1. The SMILES string of the molecule is Cc1nc(CN(C)C(=O)NCC(=O)NCC(=O)O)cs1. The van der Waals surface area contributed by atoms with Crippen LogP contribution in [0.1, 0.15) is 10.7 Å². The molecule has 1 aromatic rings. The molecule has 20 heavy (non-hydrogen) atoms. The molecule has 0 aliphatic rings. The highest BCUT2D eigenvalue weighted by atomic mass is 32.1. The molecule has 0 bridgehead atoms. The third-order valence-electron chi connectivity index (χ3n) is 2.25. The maximum Gasteiger partial charge on any atom is 0.322 e. The number of carbonyl (C=O) groups is 3. The molecule has 1 aromatic heterocycles. The van der Waals surface area contributed by atoms with Gasteiger partial charge in [-0.3, -0.25) is 9.59 Å². The molecule has 1 heterocycles. The Bertz CT molecular complexity index is 502. The monoisotopic (exact) mass is 300 g/mol. The van der Waals surface area contributed by atoms with Crippen LogP contribution in [-0.4, -0.2) is 53.0 Å². The van der Waals surface area contributed by atoms with Crippen molar-refractivity contribution in [3.05, 3.63) is 16.1 Å². The van der Waals surface area contributed by atoms with E-state index in [1.807, 2.05) is 12.3 Å². The number of nitrogens with zero attached hydrogens (tertiary/aromatic N) is 2. The molecule has 0 aliphatic heterocycles. The molecular formula is C11H16N4O4S. The second kappa shape index (κ2) is 7.43. The Kier molecular flexibility index (Phi) is 5.91. The lowest BCUT2D eigenvalue weighted by Gasteiger charge is -2.16. The smallest absolute Gasteiger partial charge is 0.322 e. The van der Waals surface area contributed by atoms with Crippen molar-refractivity contribution in [1.82, 2.24) is 20.5 Å². The molecule has 8 nitrogen and oxygen atoms in total. The van der Waals surface area contributed by atoms with Gasteiger partial charge in [-0.25, -0.2) is 9.78 Å². The Morgan fingerprint density at radius 2 is 2.05 bits per heavy atom. The zero-order chi connectivity index (χ0) is 15.1. The minimum atomic E-state index is -1.14. The highest BCUT2D eigenvalue weighted by Crippen LogP contribution is 2.09. The van der Waals surface area contributed by atoms with Crippen LogP contribution < -0.4 is 10.6 Å². The number of nitrogens with one attached hydrogen (secondary N) is 2. The number of urea groups is 1. The van der Waals surface area contributed by atoms with Crippen LogP contribution in [0.5, 0.6) is 0 Å². The van der Waals surface area contributed by atoms with Gasteiger partial charge in [0, 0.05) is 12.4 Å². The fraction of sp³-hybridized carbons (Fsp3) is 0.455. The highest BCUT2D eigenvalue weighted by Gasteiger charge is 2.12. The van der Waals surface area contributed by atoms with E-state index in [1.165, 1.54) is 16.2 Å². The summed E-state index contributed by atoms with van der Waals surface area (Å²) in [4.78, 5) is 38.8. The van der Waals surface area contributed by atoms with Crippen molar-refractivity contribution < 1.29 is 19.5 Å². The average Bonchev–Trinajstić information content (AvgIpc) is 2.78. The first kappa shape index (κ1) is 15.9. The number of thiazole rings is 1. The molecule has 0 atom stereocenters. The van der Waals surface area contributed by atoms with E-state index < -0.39 is 24.5 Å². The van der Waals surface area contributed by atoms with Gasteiger partial charge in [0.05, 0.1) is 23.8 Å². The Morgan fingerprint density at radius 1 is 1.35 bits per heavy atom. The number of hydrogen-bond acceptors (Lipinski definition) is 5. The lowest BCUT2D eigenvalue weighted by atomic mass is 10.4. The second-order valence-corrected chi connectivity index (χ2v) is 5.11. The number of carboxylic acid groups (broad SMARTS) is 1. The van der Waals surface area contributed by atoms with E-state index in [4.69, 9.17) is 5.11 Å². The molecule has 3 N–H and O–H groups in total. The van der Waals surface area contributed by atoms with Crippen molar-refractivity contribution in [3.8, 4) is 0 Å². The number of aromatic nitrogens is 1. The third-order valence-corrected chi connectivity index (χ3v) is 3.07. The zero-order valence-electron chi connectivity index (χ0n) is 11.2. The fourth-order valence-corrected chi connectivity index (χ4v) is 1.93. The van der Waals surface area contributed by atoms with Crippen molar-refractivity contribution >= 4 is 29.2 Å². The number of rotatable bonds is 6. The topological polar surface area (TPSA) is 112 Å². The first-order chi connectivity index (χ1) is 9.38. The highest BCUT2D eigenvalue weighted by molar-refractivity contribution is 7.09. The first-order valence-corrected chi connectivity index (χ1v) is 6.65. The third kappa shape index (κ3) is 5.65. The predicted molar refractivity (Wildman–Crippen MR) is 72.4 cm³/mol. The van der Waals surface area contributed by atoms with E-state index in [1.54, 1.807) is 7.05 Å². The molecule has 1 rings (SSSR count). The predicted octanol–water partition coefficient (Wildman–Crippen LogP) is -0.206. The fourth-order valence-electron chi connectivity index (χ4n) is 1.32. The van der Waals surface area contributed by atoms with E-state index >= 15 is 0 Å². The molecule has 110 valence electrons. The summed E-state index contributed by atoms with van der Waals surface area (Å²) < 4.78 is 0. The van der Waals surface area contributed by atoms with Crippen molar-refractivity contribution in [2.24, 2.45) is 0 Å². The largest absolute Gasteiger partial charge is 0.480 e. The molecule has 0 aromatic carbocycles. The van der Waals surface area contributed by atoms with Crippen LogP contribution in [0.3, 0.4) is 0 Å². The minimum absolute atomic E-state index is 0.271. The van der Waals surface area contributed by atoms with Crippen LogP contribution >= 0.6 is 11.3 Å². The first-order valence-electron chi connectivity index (χ1n) is 5.77. The summed E-state index contributed by atoms with van der Waals surface area (Å²) in [6, 6.07) is -0.430. The van der Waals surface area contributed by atoms with Gasteiger partial charge in [-0.1, -0.05) is 0 Å². The molecule has 9 heteroatoms. The van der Waals surface area contributed by atoms with Crippen LogP contribution in [0.4, 0.5) is 4.79 Å². The van der Waals surface area contributed by atoms with Crippen LogP contribution in [0, 0.1) is 6.92 Å². The number of aryl methyl sites for hydroxylation is 1. The molecule has 0 saturated carbocycles. The molecule has 0 saturated heterocycles. The van der Waals surface area contributed by atoms with E-state index in [-0.39, 0.29) is 6.54 Å². The Hall–Kier alpha value is -2.16. The molecule has 0 radical (unpaired) electrons. The van der Waals surface area contributed by atoms with E-state index in [0.717, 1.165) is 10.7 Å². The Morgan fingerprint density at radius 3 is 2.60 bits per heavy atom. The quantitative estimate of drug-likeness (QED) is 0.673. The lowest BCUT2D eigenvalue weighted by molar-refractivity contribution is -0.137. The second-order valence-electron chi connectivity index (χ2n) is 4.04. The van der Waals surface area contributed by atoms with Gasteiger partial charge in [0.2, 0.25) is 5.91 Å². The van der Waals surface area contributed by atoms with Crippen molar-refractivity contribution in [2.45, 2.75) is 13.5 Å². The van der Waals surface area contributed by atoms with Gasteiger partial charge < -0.3 is 20.6 Å².